The molecule has 2 rings (SSSR count). The Labute approximate surface area is 155 Å². The summed E-state index contributed by atoms with van der Waals surface area (Å²) in [6.07, 6.45) is -4.50. The first kappa shape index (κ1) is 19.5. The number of rotatable bonds is 3. The van der Waals surface area contributed by atoms with E-state index in [9.17, 15) is 18.0 Å². The molecule has 0 spiro atoms. The van der Waals surface area contributed by atoms with Crippen LogP contribution in [0.1, 0.15) is 20.8 Å². The molecule has 1 aromatic carbocycles. The van der Waals surface area contributed by atoms with Gasteiger partial charge in [0.15, 0.2) is 5.11 Å². The van der Waals surface area contributed by atoms with Gasteiger partial charge in [-0.2, -0.15) is 13.2 Å². The van der Waals surface area contributed by atoms with Crippen molar-refractivity contribution in [1.29, 1.82) is 0 Å². The molecule has 0 saturated carbocycles. The maximum Gasteiger partial charge on any atom is 0.416 e. The van der Waals surface area contributed by atoms with Gasteiger partial charge in [-0.05, 0) is 43.4 Å². The molecular weight excluding hydrogens is 397 g/mol. The number of thiophene rings is 1. The van der Waals surface area contributed by atoms with E-state index in [2.05, 4.69) is 15.4 Å². The van der Waals surface area contributed by atoms with Gasteiger partial charge in [-0.1, -0.05) is 11.6 Å². The van der Waals surface area contributed by atoms with E-state index in [4.69, 9.17) is 23.8 Å². The summed E-state index contributed by atoms with van der Waals surface area (Å²) in [7, 11) is 1.25. The normalized spacial score (nSPS) is 11.1. The van der Waals surface area contributed by atoms with Gasteiger partial charge in [0.05, 0.1) is 28.9 Å². The number of hydrogen-bond donors (Lipinski definition) is 2. The zero-order chi connectivity index (χ0) is 18.8. The van der Waals surface area contributed by atoms with E-state index in [1.165, 1.54) is 18.4 Å². The molecule has 10 heteroatoms. The number of methoxy groups -OCH3 is 1. The predicted molar refractivity (Wildman–Crippen MR) is 96.7 cm³/mol. The van der Waals surface area contributed by atoms with Crippen molar-refractivity contribution in [3.63, 3.8) is 0 Å². The van der Waals surface area contributed by atoms with Gasteiger partial charge in [0.25, 0.3) is 0 Å². The highest BCUT2D eigenvalue weighted by atomic mass is 35.5. The van der Waals surface area contributed by atoms with Gasteiger partial charge >= 0.3 is 12.1 Å². The zero-order valence-corrected chi connectivity index (χ0v) is 15.3. The number of hydrogen-bond acceptors (Lipinski definition) is 4. The van der Waals surface area contributed by atoms with Crippen molar-refractivity contribution >= 4 is 56.9 Å². The Balaban J connectivity index is 2.20. The number of ether oxygens (including phenoxy) is 1. The van der Waals surface area contributed by atoms with Crippen LogP contribution in [-0.4, -0.2) is 18.2 Å². The SMILES string of the molecule is COC(=O)c1cc(C)sc1NC(=S)Nc1cc(C(F)(F)F)ccc1Cl. The molecule has 0 radical (unpaired) electrons. The maximum atomic E-state index is 12.8. The Bertz CT molecular complexity index is 822. The Morgan fingerprint density at radius 3 is 2.56 bits per heavy atom. The third-order valence-corrected chi connectivity index (χ3v) is 4.53. The van der Waals surface area contributed by atoms with E-state index < -0.39 is 17.7 Å². The zero-order valence-electron chi connectivity index (χ0n) is 13.0. The number of carbonyl (C=O) groups is 1. The van der Waals surface area contributed by atoms with Crippen LogP contribution in [0.4, 0.5) is 23.9 Å². The number of thiocarbonyl (C=S) groups is 1. The molecule has 0 aliphatic carbocycles. The minimum Gasteiger partial charge on any atom is -0.465 e. The third-order valence-electron chi connectivity index (χ3n) is 3.03. The average Bonchev–Trinajstić information content (AvgIpc) is 2.88. The molecule has 1 aromatic heterocycles. The quantitative estimate of drug-likeness (QED) is 0.531. The summed E-state index contributed by atoms with van der Waals surface area (Å²) >= 11 is 12.3. The standard InChI is InChI=1S/C15H12ClF3N2O2S2/c1-7-5-9(13(22)23-2)12(25-7)21-14(24)20-11-6-8(15(17,18)19)3-4-10(11)16/h3-6H,1-2H3,(H2,20,21,24). The summed E-state index contributed by atoms with van der Waals surface area (Å²) in [4.78, 5) is 12.6. The van der Waals surface area contributed by atoms with Crippen LogP contribution in [0.15, 0.2) is 24.3 Å². The molecule has 0 fully saturated rings. The Hall–Kier alpha value is -1.84. The van der Waals surface area contributed by atoms with Gasteiger partial charge in [0.2, 0.25) is 0 Å². The van der Waals surface area contributed by atoms with Crippen molar-refractivity contribution in [3.05, 3.63) is 45.3 Å². The van der Waals surface area contributed by atoms with Crippen LogP contribution in [0.25, 0.3) is 0 Å². The van der Waals surface area contributed by atoms with Crippen LogP contribution < -0.4 is 10.6 Å². The molecule has 134 valence electrons. The summed E-state index contributed by atoms with van der Waals surface area (Å²) in [5, 5.41) is 5.88. The van der Waals surface area contributed by atoms with Crippen molar-refractivity contribution in [2.75, 3.05) is 17.7 Å². The predicted octanol–water partition coefficient (Wildman–Crippen LogP) is 5.32. The molecular formula is C15H12ClF3N2O2S2. The Morgan fingerprint density at radius 2 is 1.96 bits per heavy atom. The molecule has 1 heterocycles. The third kappa shape index (κ3) is 4.83. The molecule has 0 bridgehead atoms. The highest BCUT2D eigenvalue weighted by Crippen LogP contribution is 2.34. The summed E-state index contributed by atoms with van der Waals surface area (Å²) in [5.41, 5.74) is -0.574. The molecule has 0 atom stereocenters. The number of anilines is 2. The van der Waals surface area contributed by atoms with Gasteiger partial charge < -0.3 is 15.4 Å². The summed E-state index contributed by atoms with van der Waals surface area (Å²) < 4.78 is 43.1. The van der Waals surface area contributed by atoms with Crippen molar-refractivity contribution < 1.29 is 22.7 Å². The van der Waals surface area contributed by atoms with E-state index in [1.807, 2.05) is 0 Å². The maximum absolute atomic E-state index is 12.8. The fourth-order valence-electron chi connectivity index (χ4n) is 1.92. The summed E-state index contributed by atoms with van der Waals surface area (Å²) in [5.74, 6) is -0.549. The lowest BCUT2D eigenvalue weighted by atomic mass is 10.2. The van der Waals surface area contributed by atoms with Crippen molar-refractivity contribution in [2.24, 2.45) is 0 Å². The van der Waals surface area contributed by atoms with Gasteiger partial charge in [0, 0.05) is 4.88 Å². The van der Waals surface area contributed by atoms with Gasteiger partial charge in [-0.3, -0.25) is 0 Å². The van der Waals surface area contributed by atoms with E-state index >= 15 is 0 Å². The monoisotopic (exact) mass is 408 g/mol. The second kappa shape index (κ2) is 7.59. The minimum atomic E-state index is -4.50. The number of carbonyl (C=O) groups excluding carboxylic acids is 1. The average molecular weight is 409 g/mol. The van der Waals surface area contributed by atoms with Gasteiger partial charge in [-0.25, -0.2) is 4.79 Å². The number of nitrogens with one attached hydrogen (secondary N) is 2. The van der Waals surface area contributed by atoms with Crippen LogP contribution in [0.5, 0.6) is 0 Å². The summed E-state index contributed by atoms with van der Waals surface area (Å²) in [6.45, 7) is 1.79. The Morgan fingerprint density at radius 1 is 1.28 bits per heavy atom. The van der Waals surface area contributed by atoms with E-state index in [0.29, 0.717) is 5.00 Å². The number of alkyl halides is 3. The minimum absolute atomic E-state index is 0.00175. The first-order valence-electron chi connectivity index (χ1n) is 6.75. The second-order valence-electron chi connectivity index (χ2n) is 4.86. The van der Waals surface area contributed by atoms with Crippen LogP contribution in [0.3, 0.4) is 0 Å². The molecule has 0 aliphatic heterocycles. The van der Waals surface area contributed by atoms with Crippen molar-refractivity contribution in [1.82, 2.24) is 0 Å². The van der Waals surface area contributed by atoms with Crippen LogP contribution in [0, 0.1) is 6.92 Å². The molecule has 0 amide bonds. The van der Waals surface area contributed by atoms with E-state index in [1.54, 1.807) is 13.0 Å². The molecule has 4 nitrogen and oxygen atoms in total. The lowest BCUT2D eigenvalue weighted by molar-refractivity contribution is -0.137. The number of esters is 1. The van der Waals surface area contributed by atoms with Gasteiger partial charge in [-0.15, -0.1) is 11.3 Å². The lowest BCUT2D eigenvalue weighted by Gasteiger charge is -2.14. The molecule has 0 saturated heterocycles. The molecule has 2 N–H and O–H groups in total. The first-order chi connectivity index (χ1) is 11.6. The number of benzene rings is 1. The molecule has 2 aromatic rings. The highest BCUT2D eigenvalue weighted by molar-refractivity contribution is 7.80. The van der Waals surface area contributed by atoms with Crippen LogP contribution in [0.2, 0.25) is 5.02 Å². The number of aryl methyl sites for hydroxylation is 1. The van der Waals surface area contributed by atoms with Crippen molar-refractivity contribution in [2.45, 2.75) is 13.1 Å². The van der Waals surface area contributed by atoms with Crippen molar-refractivity contribution in [3.8, 4) is 0 Å². The smallest absolute Gasteiger partial charge is 0.416 e. The van der Waals surface area contributed by atoms with Crippen LogP contribution >= 0.6 is 35.2 Å². The van der Waals surface area contributed by atoms with E-state index in [0.717, 1.165) is 23.1 Å². The fraction of sp³-hybridized carbons (Fsp3) is 0.200. The molecule has 25 heavy (non-hydrogen) atoms. The van der Waals surface area contributed by atoms with E-state index in [-0.39, 0.29) is 21.4 Å². The topological polar surface area (TPSA) is 50.4 Å². The molecule has 0 aliphatic rings. The van der Waals surface area contributed by atoms with Gasteiger partial charge in [0.1, 0.15) is 5.00 Å². The Kier molecular flexibility index (Phi) is 5.91. The number of halogens is 4. The highest BCUT2D eigenvalue weighted by Gasteiger charge is 2.31. The fourth-order valence-corrected chi connectivity index (χ4v) is 3.27. The lowest BCUT2D eigenvalue weighted by Crippen LogP contribution is -2.20. The first-order valence-corrected chi connectivity index (χ1v) is 8.35. The summed E-state index contributed by atoms with van der Waals surface area (Å²) in [6, 6.07) is 4.49. The molecule has 0 unspecified atom stereocenters. The van der Waals surface area contributed by atoms with Crippen LogP contribution in [-0.2, 0) is 10.9 Å². The largest absolute Gasteiger partial charge is 0.465 e. The second-order valence-corrected chi connectivity index (χ2v) is 6.93.